The smallest absolute Gasteiger partial charge is 0.114 e. The van der Waals surface area contributed by atoms with Gasteiger partial charge < -0.3 is 10.2 Å². The van der Waals surface area contributed by atoms with Crippen LogP contribution in [0.1, 0.15) is 37.6 Å². The first kappa shape index (κ1) is 13.7. The molecule has 0 aliphatic carbocycles. The molecule has 0 saturated heterocycles. The SMILES string of the molecule is CCC(C)(O)c1cn(CC(O)c2ccccc2)nn1. The predicted octanol–water partition coefficient (Wildman–Crippen LogP) is 1.63. The summed E-state index contributed by atoms with van der Waals surface area (Å²) in [6.45, 7) is 3.91. The third-order valence-electron chi connectivity index (χ3n) is 3.32. The molecule has 0 fully saturated rings. The van der Waals surface area contributed by atoms with Crippen LogP contribution in [0.5, 0.6) is 0 Å². The third kappa shape index (κ3) is 3.19. The number of aliphatic hydroxyl groups excluding tert-OH is 1. The molecule has 1 aromatic heterocycles. The van der Waals surface area contributed by atoms with Gasteiger partial charge in [0.15, 0.2) is 0 Å². The highest BCUT2D eigenvalue weighted by atomic mass is 16.3. The normalized spacial score (nSPS) is 16.0. The predicted molar refractivity (Wildman–Crippen MR) is 71.3 cm³/mol. The molecule has 0 amide bonds. The molecule has 0 aliphatic rings. The summed E-state index contributed by atoms with van der Waals surface area (Å²) < 4.78 is 1.55. The van der Waals surface area contributed by atoms with E-state index in [4.69, 9.17) is 0 Å². The zero-order valence-corrected chi connectivity index (χ0v) is 11.2. The van der Waals surface area contributed by atoms with Crippen molar-refractivity contribution in [3.05, 3.63) is 47.8 Å². The van der Waals surface area contributed by atoms with Crippen LogP contribution in [-0.2, 0) is 12.1 Å². The van der Waals surface area contributed by atoms with E-state index in [1.165, 1.54) is 0 Å². The van der Waals surface area contributed by atoms with E-state index >= 15 is 0 Å². The fourth-order valence-corrected chi connectivity index (χ4v) is 1.77. The van der Waals surface area contributed by atoms with Crippen LogP contribution in [0.3, 0.4) is 0 Å². The van der Waals surface area contributed by atoms with Gasteiger partial charge in [-0.25, -0.2) is 4.68 Å². The lowest BCUT2D eigenvalue weighted by molar-refractivity contribution is 0.0483. The molecule has 2 unspecified atom stereocenters. The maximum Gasteiger partial charge on any atom is 0.114 e. The summed E-state index contributed by atoms with van der Waals surface area (Å²) in [5.74, 6) is 0. The van der Waals surface area contributed by atoms with Gasteiger partial charge in [0, 0.05) is 0 Å². The van der Waals surface area contributed by atoms with Crippen LogP contribution in [0.25, 0.3) is 0 Å². The first-order chi connectivity index (χ1) is 9.03. The molecule has 1 aromatic carbocycles. The Bertz CT molecular complexity index is 522. The fraction of sp³-hybridized carbons (Fsp3) is 0.429. The molecule has 0 bridgehead atoms. The molecule has 1 heterocycles. The molecular formula is C14H19N3O2. The second-order valence-corrected chi connectivity index (χ2v) is 4.88. The second kappa shape index (κ2) is 5.50. The van der Waals surface area contributed by atoms with Crippen LogP contribution < -0.4 is 0 Å². The van der Waals surface area contributed by atoms with E-state index in [9.17, 15) is 10.2 Å². The Morgan fingerprint density at radius 1 is 1.32 bits per heavy atom. The molecule has 102 valence electrons. The number of aliphatic hydroxyl groups is 2. The largest absolute Gasteiger partial charge is 0.386 e. The van der Waals surface area contributed by atoms with E-state index in [1.54, 1.807) is 17.8 Å². The zero-order valence-electron chi connectivity index (χ0n) is 11.2. The van der Waals surface area contributed by atoms with Crippen molar-refractivity contribution in [2.24, 2.45) is 0 Å². The number of hydrogen-bond acceptors (Lipinski definition) is 4. The highest BCUT2D eigenvalue weighted by Gasteiger charge is 2.24. The Labute approximate surface area is 112 Å². The second-order valence-electron chi connectivity index (χ2n) is 4.88. The molecule has 2 N–H and O–H groups in total. The van der Waals surface area contributed by atoms with Gasteiger partial charge in [-0.3, -0.25) is 0 Å². The molecule has 2 atom stereocenters. The average molecular weight is 261 g/mol. The average Bonchev–Trinajstić information content (AvgIpc) is 2.89. The van der Waals surface area contributed by atoms with Crippen LogP contribution in [0, 0.1) is 0 Å². The van der Waals surface area contributed by atoms with Gasteiger partial charge in [-0.15, -0.1) is 5.10 Å². The van der Waals surface area contributed by atoms with E-state index in [0.29, 0.717) is 18.7 Å². The van der Waals surface area contributed by atoms with E-state index in [-0.39, 0.29) is 0 Å². The molecule has 0 radical (unpaired) electrons. The Morgan fingerprint density at radius 3 is 2.63 bits per heavy atom. The monoisotopic (exact) mass is 261 g/mol. The maximum atomic E-state index is 10.1. The van der Waals surface area contributed by atoms with Crippen molar-refractivity contribution in [2.75, 3.05) is 0 Å². The van der Waals surface area contributed by atoms with E-state index in [2.05, 4.69) is 10.3 Å². The lowest BCUT2D eigenvalue weighted by Crippen LogP contribution is -2.20. The van der Waals surface area contributed by atoms with Gasteiger partial charge in [0.1, 0.15) is 11.3 Å². The van der Waals surface area contributed by atoms with Crippen molar-refractivity contribution < 1.29 is 10.2 Å². The summed E-state index contributed by atoms with van der Waals surface area (Å²) >= 11 is 0. The number of rotatable bonds is 5. The molecule has 5 heteroatoms. The van der Waals surface area contributed by atoms with Crippen molar-refractivity contribution in [2.45, 2.75) is 38.5 Å². The van der Waals surface area contributed by atoms with Crippen molar-refractivity contribution in [3.8, 4) is 0 Å². The van der Waals surface area contributed by atoms with Crippen molar-refractivity contribution in [3.63, 3.8) is 0 Å². The zero-order chi connectivity index (χ0) is 13.9. The summed E-state index contributed by atoms with van der Waals surface area (Å²) in [4.78, 5) is 0. The van der Waals surface area contributed by atoms with Crippen LogP contribution in [0.4, 0.5) is 0 Å². The summed E-state index contributed by atoms with van der Waals surface area (Å²) in [5.41, 5.74) is 0.382. The number of nitrogens with zero attached hydrogens (tertiary/aromatic N) is 3. The minimum Gasteiger partial charge on any atom is -0.386 e. The molecule has 5 nitrogen and oxygen atoms in total. The Balaban J connectivity index is 2.09. The fourth-order valence-electron chi connectivity index (χ4n) is 1.77. The lowest BCUT2D eigenvalue weighted by atomic mass is 10.0. The Hall–Kier alpha value is -1.72. The lowest BCUT2D eigenvalue weighted by Gasteiger charge is -2.17. The highest BCUT2D eigenvalue weighted by Crippen LogP contribution is 2.22. The van der Waals surface area contributed by atoms with Gasteiger partial charge in [0.2, 0.25) is 0 Å². The van der Waals surface area contributed by atoms with Crippen LogP contribution in [-0.4, -0.2) is 25.2 Å². The van der Waals surface area contributed by atoms with Crippen molar-refractivity contribution >= 4 is 0 Å². The van der Waals surface area contributed by atoms with Gasteiger partial charge in [-0.1, -0.05) is 42.5 Å². The summed E-state index contributed by atoms with van der Waals surface area (Å²) in [7, 11) is 0. The third-order valence-corrected chi connectivity index (χ3v) is 3.32. The quantitative estimate of drug-likeness (QED) is 0.858. The first-order valence-electron chi connectivity index (χ1n) is 6.39. The van der Waals surface area contributed by atoms with E-state index in [1.807, 2.05) is 37.3 Å². The molecule has 19 heavy (non-hydrogen) atoms. The molecule has 2 rings (SSSR count). The standard InChI is InChI=1S/C14H19N3O2/c1-3-14(2,19)13-10-17(16-15-13)9-12(18)11-7-5-4-6-8-11/h4-8,10,12,18-19H,3,9H2,1-2H3. The minimum atomic E-state index is -0.976. The molecule has 0 spiro atoms. The summed E-state index contributed by atoms with van der Waals surface area (Å²) in [6, 6.07) is 9.40. The van der Waals surface area contributed by atoms with Gasteiger partial charge >= 0.3 is 0 Å². The van der Waals surface area contributed by atoms with Crippen molar-refractivity contribution in [1.82, 2.24) is 15.0 Å². The van der Waals surface area contributed by atoms with Crippen molar-refractivity contribution in [1.29, 1.82) is 0 Å². The van der Waals surface area contributed by atoms with E-state index < -0.39 is 11.7 Å². The topological polar surface area (TPSA) is 71.2 Å². The minimum absolute atomic E-state index is 0.316. The van der Waals surface area contributed by atoms with Gasteiger partial charge in [0.05, 0.1) is 18.8 Å². The molecule has 0 aliphatic heterocycles. The highest BCUT2D eigenvalue weighted by molar-refractivity contribution is 5.17. The summed E-state index contributed by atoms with van der Waals surface area (Å²) in [5, 5.41) is 28.1. The van der Waals surface area contributed by atoms with Gasteiger partial charge in [-0.2, -0.15) is 0 Å². The molecular weight excluding hydrogens is 242 g/mol. The number of aromatic nitrogens is 3. The van der Waals surface area contributed by atoms with E-state index in [0.717, 1.165) is 5.56 Å². The molecule has 0 saturated carbocycles. The van der Waals surface area contributed by atoms with Crippen LogP contribution in [0.2, 0.25) is 0 Å². The Morgan fingerprint density at radius 2 is 2.00 bits per heavy atom. The number of hydrogen-bond donors (Lipinski definition) is 2. The van der Waals surface area contributed by atoms with Gasteiger partial charge in [0.25, 0.3) is 0 Å². The van der Waals surface area contributed by atoms with Crippen LogP contribution in [0.15, 0.2) is 36.5 Å². The molecule has 2 aromatic rings. The number of benzene rings is 1. The van der Waals surface area contributed by atoms with Gasteiger partial charge in [-0.05, 0) is 18.9 Å². The first-order valence-corrected chi connectivity index (χ1v) is 6.39. The van der Waals surface area contributed by atoms with Crippen LogP contribution >= 0.6 is 0 Å². The maximum absolute atomic E-state index is 10.1. The Kier molecular flexibility index (Phi) is 3.97. The summed E-state index contributed by atoms with van der Waals surface area (Å²) in [6.07, 6.45) is 1.60.